The van der Waals surface area contributed by atoms with Gasteiger partial charge in [-0.1, -0.05) is 38.1 Å². The second-order valence-corrected chi connectivity index (χ2v) is 6.24. The van der Waals surface area contributed by atoms with E-state index in [0.29, 0.717) is 6.04 Å². The normalized spacial score (nSPS) is 36.6. The standard InChI is InChI=1S/C16H24N2/c1-11-9-18(10-12(11)2)15-8-7-13-5-3-4-6-14(13)16(15)17/h3-6,11-12,15-16H,7-10,17H2,1-2H3. The van der Waals surface area contributed by atoms with E-state index in [1.54, 1.807) is 0 Å². The van der Waals surface area contributed by atoms with Crippen molar-refractivity contribution in [3.63, 3.8) is 0 Å². The van der Waals surface area contributed by atoms with Crippen LogP contribution in [0.4, 0.5) is 0 Å². The molecule has 0 aromatic heterocycles. The molecule has 1 fully saturated rings. The molecule has 4 atom stereocenters. The number of nitrogens with two attached hydrogens (primary N) is 1. The van der Waals surface area contributed by atoms with Gasteiger partial charge >= 0.3 is 0 Å². The van der Waals surface area contributed by atoms with Gasteiger partial charge in [-0.05, 0) is 35.8 Å². The summed E-state index contributed by atoms with van der Waals surface area (Å²) in [5, 5.41) is 0. The first-order valence-electron chi connectivity index (χ1n) is 7.24. The predicted octanol–water partition coefficient (Wildman–Crippen LogP) is 2.59. The molecule has 1 aliphatic heterocycles. The van der Waals surface area contributed by atoms with E-state index in [1.807, 2.05) is 0 Å². The maximum atomic E-state index is 6.52. The lowest BCUT2D eigenvalue weighted by Crippen LogP contribution is -2.44. The molecular formula is C16H24N2. The molecule has 1 aromatic rings. The lowest BCUT2D eigenvalue weighted by atomic mass is 9.84. The molecular weight excluding hydrogens is 220 g/mol. The van der Waals surface area contributed by atoms with Gasteiger partial charge in [-0.25, -0.2) is 0 Å². The fraction of sp³-hybridized carbons (Fsp3) is 0.625. The Morgan fingerprint density at radius 1 is 1.11 bits per heavy atom. The van der Waals surface area contributed by atoms with E-state index in [9.17, 15) is 0 Å². The first-order chi connectivity index (χ1) is 8.66. The molecule has 18 heavy (non-hydrogen) atoms. The second kappa shape index (κ2) is 4.67. The summed E-state index contributed by atoms with van der Waals surface area (Å²) in [5.74, 6) is 1.63. The van der Waals surface area contributed by atoms with Gasteiger partial charge in [0.1, 0.15) is 0 Å². The summed E-state index contributed by atoms with van der Waals surface area (Å²) in [6, 6.07) is 9.46. The van der Waals surface area contributed by atoms with Crippen LogP contribution in [0.15, 0.2) is 24.3 Å². The maximum absolute atomic E-state index is 6.52. The maximum Gasteiger partial charge on any atom is 0.0455 e. The summed E-state index contributed by atoms with van der Waals surface area (Å²) in [6.07, 6.45) is 2.41. The highest BCUT2D eigenvalue weighted by atomic mass is 15.2. The Hall–Kier alpha value is -0.860. The van der Waals surface area contributed by atoms with Gasteiger partial charge in [-0.3, -0.25) is 4.90 Å². The minimum absolute atomic E-state index is 0.201. The third kappa shape index (κ3) is 1.98. The first kappa shape index (κ1) is 12.2. The highest BCUT2D eigenvalue weighted by Gasteiger charge is 2.36. The smallest absolute Gasteiger partial charge is 0.0455 e. The molecule has 1 heterocycles. The number of rotatable bonds is 1. The fourth-order valence-corrected chi connectivity index (χ4v) is 3.63. The number of hydrogen-bond acceptors (Lipinski definition) is 2. The van der Waals surface area contributed by atoms with Crippen LogP contribution in [0.1, 0.15) is 37.4 Å². The van der Waals surface area contributed by atoms with Crippen LogP contribution >= 0.6 is 0 Å². The molecule has 98 valence electrons. The van der Waals surface area contributed by atoms with E-state index in [2.05, 4.69) is 43.0 Å². The molecule has 0 saturated carbocycles. The summed E-state index contributed by atoms with van der Waals surface area (Å²) in [6.45, 7) is 7.18. The highest BCUT2D eigenvalue weighted by molar-refractivity contribution is 5.33. The molecule has 2 heteroatoms. The molecule has 1 aliphatic carbocycles. The molecule has 4 unspecified atom stereocenters. The zero-order valence-corrected chi connectivity index (χ0v) is 11.5. The van der Waals surface area contributed by atoms with Gasteiger partial charge in [0.15, 0.2) is 0 Å². The first-order valence-corrected chi connectivity index (χ1v) is 7.24. The van der Waals surface area contributed by atoms with Crippen molar-refractivity contribution in [2.75, 3.05) is 13.1 Å². The highest BCUT2D eigenvalue weighted by Crippen LogP contribution is 2.35. The minimum Gasteiger partial charge on any atom is -0.323 e. The van der Waals surface area contributed by atoms with Crippen LogP contribution < -0.4 is 5.73 Å². The van der Waals surface area contributed by atoms with E-state index in [-0.39, 0.29) is 6.04 Å². The SMILES string of the molecule is CC1CN(C2CCc3ccccc3C2N)CC1C. The molecule has 0 spiro atoms. The van der Waals surface area contributed by atoms with Crippen molar-refractivity contribution in [2.45, 2.75) is 38.8 Å². The third-order valence-electron chi connectivity index (χ3n) is 5.02. The minimum atomic E-state index is 0.201. The summed E-state index contributed by atoms with van der Waals surface area (Å²) in [7, 11) is 0. The van der Waals surface area contributed by atoms with E-state index in [4.69, 9.17) is 5.73 Å². The van der Waals surface area contributed by atoms with Crippen LogP contribution in [0.5, 0.6) is 0 Å². The van der Waals surface area contributed by atoms with Crippen LogP contribution in [0.3, 0.4) is 0 Å². The van der Waals surface area contributed by atoms with Gasteiger partial charge in [-0.15, -0.1) is 0 Å². The lowest BCUT2D eigenvalue weighted by molar-refractivity contribution is 0.183. The monoisotopic (exact) mass is 244 g/mol. The van der Waals surface area contributed by atoms with Crippen molar-refractivity contribution >= 4 is 0 Å². The molecule has 1 aromatic carbocycles. The zero-order valence-electron chi connectivity index (χ0n) is 11.5. The molecule has 2 aliphatic rings. The second-order valence-electron chi connectivity index (χ2n) is 6.24. The number of hydrogen-bond donors (Lipinski definition) is 1. The molecule has 3 rings (SSSR count). The number of benzene rings is 1. The van der Waals surface area contributed by atoms with Gasteiger partial charge in [0, 0.05) is 25.2 Å². The molecule has 2 N–H and O–H groups in total. The van der Waals surface area contributed by atoms with Crippen LogP contribution in [0.2, 0.25) is 0 Å². The average Bonchev–Trinajstić information content (AvgIpc) is 2.70. The summed E-state index contributed by atoms with van der Waals surface area (Å²) in [5.41, 5.74) is 9.36. The van der Waals surface area contributed by atoms with Gasteiger partial charge in [0.05, 0.1) is 0 Å². The Kier molecular flexibility index (Phi) is 3.16. The van der Waals surface area contributed by atoms with E-state index >= 15 is 0 Å². The number of aryl methyl sites for hydroxylation is 1. The summed E-state index contributed by atoms with van der Waals surface area (Å²) >= 11 is 0. The summed E-state index contributed by atoms with van der Waals surface area (Å²) < 4.78 is 0. The van der Waals surface area contributed by atoms with E-state index < -0.39 is 0 Å². The van der Waals surface area contributed by atoms with Crippen molar-refractivity contribution in [3.05, 3.63) is 35.4 Å². The van der Waals surface area contributed by atoms with Crippen molar-refractivity contribution < 1.29 is 0 Å². The predicted molar refractivity (Wildman–Crippen MR) is 75.4 cm³/mol. The average molecular weight is 244 g/mol. The third-order valence-corrected chi connectivity index (χ3v) is 5.02. The van der Waals surface area contributed by atoms with Crippen LogP contribution in [-0.4, -0.2) is 24.0 Å². The summed E-state index contributed by atoms with van der Waals surface area (Å²) in [4.78, 5) is 2.63. The van der Waals surface area contributed by atoms with Crippen LogP contribution in [0.25, 0.3) is 0 Å². The van der Waals surface area contributed by atoms with Gasteiger partial charge in [0.25, 0.3) is 0 Å². The van der Waals surface area contributed by atoms with Crippen molar-refractivity contribution in [3.8, 4) is 0 Å². The topological polar surface area (TPSA) is 29.3 Å². The Balaban J connectivity index is 1.81. The largest absolute Gasteiger partial charge is 0.323 e. The molecule has 0 bridgehead atoms. The van der Waals surface area contributed by atoms with Crippen LogP contribution in [-0.2, 0) is 6.42 Å². The van der Waals surface area contributed by atoms with Gasteiger partial charge in [-0.2, -0.15) is 0 Å². The van der Waals surface area contributed by atoms with E-state index in [0.717, 1.165) is 11.8 Å². The lowest BCUT2D eigenvalue weighted by Gasteiger charge is -2.37. The molecule has 0 amide bonds. The van der Waals surface area contributed by atoms with Gasteiger partial charge in [0.2, 0.25) is 0 Å². The quantitative estimate of drug-likeness (QED) is 0.823. The Morgan fingerprint density at radius 3 is 2.50 bits per heavy atom. The molecule has 0 radical (unpaired) electrons. The van der Waals surface area contributed by atoms with Crippen LogP contribution in [0, 0.1) is 11.8 Å². The number of nitrogens with zero attached hydrogens (tertiary/aromatic N) is 1. The van der Waals surface area contributed by atoms with Gasteiger partial charge < -0.3 is 5.73 Å². The molecule has 2 nitrogen and oxygen atoms in total. The zero-order chi connectivity index (χ0) is 12.7. The Labute approximate surface area is 110 Å². The fourth-order valence-electron chi connectivity index (χ4n) is 3.63. The van der Waals surface area contributed by atoms with Crippen molar-refractivity contribution in [1.82, 2.24) is 4.90 Å². The van der Waals surface area contributed by atoms with Crippen molar-refractivity contribution in [2.24, 2.45) is 17.6 Å². The number of likely N-dealkylation sites (tertiary alicyclic amines) is 1. The Bertz CT molecular complexity index is 419. The van der Waals surface area contributed by atoms with Crippen molar-refractivity contribution in [1.29, 1.82) is 0 Å². The Morgan fingerprint density at radius 2 is 1.78 bits per heavy atom. The van der Waals surface area contributed by atoms with E-state index in [1.165, 1.54) is 37.1 Å². The number of fused-ring (bicyclic) bond motifs is 1. The molecule has 1 saturated heterocycles.